The Kier molecular flexibility index (Phi) is 13.8. The molecule has 1 unspecified atom stereocenters. The summed E-state index contributed by atoms with van der Waals surface area (Å²) in [6.07, 6.45) is 8.91. The summed E-state index contributed by atoms with van der Waals surface area (Å²) in [5.41, 5.74) is -1.57. The van der Waals surface area contributed by atoms with Crippen molar-refractivity contribution in [2.75, 3.05) is 19.6 Å². The Morgan fingerprint density at radius 2 is 1.52 bits per heavy atom. The molecule has 302 valence electrons. The van der Waals surface area contributed by atoms with Crippen molar-refractivity contribution < 1.29 is 33.6 Å². The van der Waals surface area contributed by atoms with Crippen LogP contribution < -0.4 is 21.3 Å². The molecule has 0 aromatic heterocycles. The zero-order chi connectivity index (χ0) is 40.2. The summed E-state index contributed by atoms with van der Waals surface area (Å²) in [4.78, 5) is 98.2. The summed E-state index contributed by atoms with van der Waals surface area (Å²) in [7, 11) is 0. The lowest BCUT2D eigenvalue weighted by Gasteiger charge is -2.43. The van der Waals surface area contributed by atoms with Crippen molar-refractivity contribution >= 4 is 41.4 Å². The van der Waals surface area contributed by atoms with E-state index in [0.717, 1.165) is 32.1 Å². The molecule has 4 rings (SSSR count). The van der Waals surface area contributed by atoms with Gasteiger partial charge in [-0.3, -0.25) is 33.7 Å². The van der Waals surface area contributed by atoms with Gasteiger partial charge in [-0.25, -0.2) is 4.79 Å². The average molecular weight is 755 g/mol. The maximum absolute atomic E-state index is 14.9. The molecule has 0 aromatic carbocycles. The molecule has 0 spiro atoms. The molecular formula is C41H66N6O7. The standard InChI is InChI=1S/C41H66N6O7/c1-10-19-42-36(52)33(50)28(21-26-14-15-26)43-35(51)32-27(25(2)3)16-20-46(32)37(53)34(41(9)17-12-11-13-18-41)45-38(54)44-29(39(4,5)6)24-47-30(48)22-40(7,8)23-31(47)49/h10,25-29,32,34H,1,11-24H2,2-9H3,(H,42,52)(H,43,51)(H2,44,45,54)/t27-,28?,29-,32+,34-/m1/s1. The molecule has 0 aromatic rings. The summed E-state index contributed by atoms with van der Waals surface area (Å²) in [6, 6.07) is -4.08. The average Bonchev–Trinajstić information content (AvgIpc) is 3.78. The van der Waals surface area contributed by atoms with Crippen LogP contribution in [-0.2, 0) is 28.8 Å². The third kappa shape index (κ3) is 10.7. The number of rotatable bonds is 15. The van der Waals surface area contributed by atoms with Gasteiger partial charge < -0.3 is 26.2 Å². The van der Waals surface area contributed by atoms with Crippen LogP contribution in [0.25, 0.3) is 0 Å². The van der Waals surface area contributed by atoms with E-state index in [1.54, 1.807) is 4.90 Å². The number of imide groups is 1. The number of carbonyl (C=O) groups excluding carboxylic acids is 7. The van der Waals surface area contributed by atoms with E-state index in [9.17, 15) is 33.6 Å². The van der Waals surface area contributed by atoms with Crippen LogP contribution in [0.1, 0.15) is 126 Å². The molecule has 2 saturated carbocycles. The van der Waals surface area contributed by atoms with E-state index in [1.165, 1.54) is 11.0 Å². The number of Topliss-reactive ketones (excluding diaryl/α,β-unsaturated/α-hetero) is 1. The number of likely N-dealkylation sites (tertiary alicyclic amines) is 2. The Morgan fingerprint density at radius 3 is 2.06 bits per heavy atom. The van der Waals surface area contributed by atoms with Crippen LogP contribution in [0, 0.1) is 34.0 Å². The van der Waals surface area contributed by atoms with Crippen LogP contribution in [0.15, 0.2) is 12.7 Å². The fourth-order valence-corrected chi connectivity index (χ4v) is 8.50. The molecule has 5 atom stereocenters. The van der Waals surface area contributed by atoms with Crippen molar-refractivity contribution in [3.05, 3.63) is 12.7 Å². The maximum atomic E-state index is 14.9. The minimum Gasteiger partial charge on any atom is -0.346 e. The second-order valence-corrected chi connectivity index (χ2v) is 18.9. The Labute approximate surface area is 321 Å². The molecule has 7 amide bonds. The van der Waals surface area contributed by atoms with Gasteiger partial charge in [-0.1, -0.05) is 93.6 Å². The van der Waals surface area contributed by atoms with Crippen molar-refractivity contribution in [1.82, 2.24) is 31.1 Å². The van der Waals surface area contributed by atoms with Gasteiger partial charge in [0.2, 0.25) is 29.4 Å². The third-order valence-electron chi connectivity index (χ3n) is 12.2. The molecule has 2 aliphatic carbocycles. The first-order chi connectivity index (χ1) is 25.2. The second kappa shape index (κ2) is 17.4. The molecule has 0 bridgehead atoms. The van der Waals surface area contributed by atoms with Crippen LogP contribution in [0.3, 0.4) is 0 Å². The fraction of sp³-hybridized carbons (Fsp3) is 0.780. The molecule has 13 heteroatoms. The first kappa shape index (κ1) is 43.0. The highest BCUT2D eigenvalue weighted by molar-refractivity contribution is 6.38. The Hall–Kier alpha value is -3.77. The molecule has 54 heavy (non-hydrogen) atoms. The topological polar surface area (TPSA) is 174 Å². The van der Waals surface area contributed by atoms with Crippen LogP contribution in [-0.4, -0.2) is 95.0 Å². The Balaban J connectivity index is 1.59. The van der Waals surface area contributed by atoms with Crippen LogP contribution >= 0.6 is 0 Å². The molecule has 4 N–H and O–H groups in total. The van der Waals surface area contributed by atoms with Gasteiger partial charge in [-0.05, 0) is 59.7 Å². The van der Waals surface area contributed by atoms with Crippen molar-refractivity contribution in [3.8, 4) is 0 Å². The van der Waals surface area contributed by atoms with E-state index < -0.39 is 64.0 Å². The predicted octanol–water partition coefficient (Wildman–Crippen LogP) is 4.24. The van der Waals surface area contributed by atoms with Gasteiger partial charge in [0.15, 0.2) is 0 Å². The number of nitrogens with zero attached hydrogens (tertiary/aromatic N) is 2. The summed E-state index contributed by atoms with van der Waals surface area (Å²) >= 11 is 0. The molecule has 2 heterocycles. The lowest BCUT2D eigenvalue weighted by molar-refractivity contribution is -0.153. The summed E-state index contributed by atoms with van der Waals surface area (Å²) in [6.45, 7) is 19.6. The zero-order valence-corrected chi connectivity index (χ0v) is 34.0. The van der Waals surface area contributed by atoms with Crippen molar-refractivity contribution in [3.63, 3.8) is 0 Å². The van der Waals surface area contributed by atoms with Crippen molar-refractivity contribution in [2.24, 2.45) is 34.0 Å². The zero-order valence-electron chi connectivity index (χ0n) is 34.0. The van der Waals surface area contributed by atoms with E-state index in [1.807, 2.05) is 55.4 Å². The summed E-state index contributed by atoms with van der Waals surface area (Å²) in [5, 5.41) is 11.5. The number of urea groups is 1. The molecule has 4 aliphatic rings. The summed E-state index contributed by atoms with van der Waals surface area (Å²) < 4.78 is 0. The lowest BCUT2D eigenvalue weighted by atomic mass is 9.70. The van der Waals surface area contributed by atoms with Crippen LogP contribution in [0.2, 0.25) is 0 Å². The Bertz CT molecular complexity index is 1440. The molecule has 2 saturated heterocycles. The van der Waals surface area contributed by atoms with Gasteiger partial charge in [0.05, 0.1) is 12.1 Å². The molecule has 2 aliphatic heterocycles. The molecule has 13 nitrogen and oxygen atoms in total. The lowest BCUT2D eigenvalue weighted by Crippen LogP contribution is -2.64. The van der Waals surface area contributed by atoms with Gasteiger partial charge in [-0.15, -0.1) is 6.58 Å². The van der Waals surface area contributed by atoms with E-state index in [0.29, 0.717) is 32.2 Å². The molecule has 4 fully saturated rings. The SMILES string of the molecule is C=CCNC(=O)C(=O)C(CC1CC1)NC(=O)[C@@H]1[C@@H](C(C)C)CCN1C(=O)[C@@H](NC(=O)N[C@H](CN1C(=O)CC(C)(C)CC1=O)C(C)(C)C)C1(C)CCCCC1. The maximum Gasteiger partial charge on any atom is 0.315 e. The first-order valence-electron chi connectivity index (χ1n) is 20.1. The highest BCUT2D eigenvalue weighted by atomic mass is 16.2. The van der Waals surface area contributed by atoms with E-state index in [4.69, 9.17) is 0 Å². The van der Waals surface area contributed by atoms with E-state index in [2.05, 4.69) is 27.8 Å². The number of carbonyl (C=O) groups is 7. The molecular weight excluding hydrogens is 688 g/mol. The highest BCUT2D eigenvalue weighted by Crippen LogP contribution is 2.42. The van der Waals surface area contributed by atoms with Gasteiger partial charge in [0.25, 0.3) is 5.91 Å². The number of hydrogen-bond acceptors (Lipinski definition) is 7. The number of amides is 7. The number of ketones is 1. The highest BCUT2D eigenvalue weighted by Gasteiger charge is 2.50. The quantitative estimate of drug-likeness (QED) is 0.110. The Morgan fingerprint density at radius 1 is 0.907 bits per heavy atom. The van der Waals surface area contributed by atoms with Gasteiger partial charge >= 0.3 is 6.03 Å². The largest absolute Gasteiger partial charge is 0.346 e. The monoisotopic (exact) mass is 754 g/mol. The molecule has 0 radical (unpaired) electrons. The van der Waals surface area contributed by atoms with Gasteiger partial charge in [0, 0.05) is 32.5 Å². The van der Waals surface area contributed by atoms with Gasteiger partial charge in [-0.2, -0.15) is 0 Å². The van der Waals surface area contributed by atoms with Gasteiger partial charge in [0.1, 0.15) is 12.1 Å². The van der Waals surface area contributed by atoms with E-state index in [-0.39, 0.29) is 61.4 Å². The van der Waals surface area contributed by atoms with E-state index >= 15 is 0 Å². The van der Waals surface area contributed by atoms with Crippen LogP contribution in [0.4, 0.5) is 4.79 Å². The second-order valence-electron chi connectivity index (χ2n) is 18.9. The van der Waals surface area contributed by atoms with Crippen molar-refractivity contribution in [1.29, 1.82) is 0 Å². The number of hydrogen-bond donors (Lipinski definition) is 4. The number of piperidine rings is 1. The van der Waals surface area contributed by atoms with Crippen molar-refractivity contribution in [2.45, 2.75) is 150 Å². The predicted molar refractivity (Wildman–Crippen MR) is 206 cm³/mol. The smallest absolute Gasteiger partial charge is 0.315 e. The first-order valence-corrected chi connectivity index (χ1v) is 20.1. The summed E-state index contributed by atoms with van der Waals surface area (Å²) in [5.74, 6) is -2.81. The normalized spacial score (nSPS) is 24.3. The van der Waals surface area contributed by atoms with Crippen LogP contribution in [0.5, 0.6) is 0 Å². The minimum absolute atomic E-state index is 0.0113. The fourth-order valence-electron chi connectivity index (χ4n) is 8.50. The third-order valence-corrected chi connectivity index (χ3v) is 12.2. The minimum atomic E-state index is -1.02. The number of nitrogens with one attached hydrogen (secondary N) is 4.